The van der Waals surface area contributed by atoms with Crippen LogP contribution in [0.3, 0.4) is 0 Å². The van der Waals surface area contributed by atoms with Crippen molar-refractivity contribution in [3.05, 3.63) is 23.7 Å². The molecule has 0 aliphatic rings. The van der Waals surface area contributed by atoms with E-state index in [0.29, 0.717) is 0 Å². The second-order valence-corrected chi connectivity index (χ2v) is 3.63. The molecular weight excluding hydrogens is 174 g/mol. The number of unbranched alkanes of at least 4 members (excludes halogenated alkanes) is 2. The van der Waals surface area contributed by atoms with Crippen LogP contribution >= 0.6 is 0 Å². The summed E-state index contributed by atoms with van der Waals surface area (Å²) in [6.07, 6.45) is 4.40. The lowest BCUT2D eigenvalue weighted by Gasteiger charge is -2.04. The Bertz CT molecular complexity index is 308. The van der Waals surface area contributed by atoms with E-state index >= 15 is 0 Å². The molecule has 0 aliphatic carbocycles. The summed E-state index contributed by atoms with van der Waals surface area (Å²) in [6.45, 7) is 4.07. The molecule has 0 radical (unpaired) electrons. The van der Waals surface area contributed by atoms with Crippen LogP contribution < -0.4 is 0 Å². The van der Waals surface area contributed by atoms with Gasteiger partial charge < -0.3 is 4.42 Å². The lowest BCUT2D eigenvalue weighted by atomic mass is 10.0. The summed E-state index contributed by atoms with van der Waals surface area (Å²) in [5.74, 6) is 1.65. The van der Waals surface area contributed by atoms with Crippen molar-refractivity contribution in [1.29, 1.82) is 5.26 Å². The van der Waals surface area contributed by atoms with Gasteiger partial charge >= 0.3 is 0 Å². The average Bonchev–Trinajstić information content (AvgIpc) is 2.60. The molecule has 0 spiro atoms. The zero-order valence-electron chi connectivity index (χ0n) is 8.92. The standard InChI is InChI=1S/C12H17NO/c1-3-4-5-6-11(9-13)12-8-7-10(2)14-12/h7-8,11H,3-6H2,1-2H3. The molecule has 1 aromatic heterocycles. The number of aryl methyl sites for hydroxylation is 1. The van der Waals surface area contributed by atoms with Crippen LogP contribution in [0.2, 0.25) is 0 Å². The highest BCUT2D eigenvalue weighted by Crippen LogP contribution is 2.23. The van der Waals surface area contributed by atoms with Gasteiger partial charge in [0.05, 0.1) is 6.07 Å². The highest BCUT2D eigenvalue weighted by molar-refractivity contribution is 5.16. The molecular formula is C12H17NO. The van der Waals surface area contributed by atoms with Crippen molar-refractivity contribution in [2.75, 3.05) is 0 Å². The zero-order valence-corrected chi connectivity index (χ0v) is 8.92. The van der Waals surface area contributed by atoms with Crippen LogP contribution in [0.1, 0.15) is 50.0 Å². The minimum absolute atomic E-state index is 0.0600. The first-order valence-electron chi connectivity index (χ1n) is 5.24. The molecule has 0 fully saturated rings. The molecule has 0 N–H and O–H groups in total. The van der Waals surface area contributed by atoms with Crippen LogP contribution in [0, 0.1) is 18.3 Å². The third-order valence-corrected chi connectivity index (χ3v) is 2.36. The van der Waals surface area contributed by atoms with E-state index in [4.69, 9.17) is 9.68 Å². The summed E-state index contributed by atoms with van der Waals surface area (Å²) >= 11 is 0. The SMILES string of the molecule is CCCCCC(C#N)c1ccc(C)o1. The molecule has 2 nitrogen and oxygen atoms in total. The Morgan fingerprint density at radius 1 is 1.43 bits per heavy atom. The van der Waals surface area contributed by atoms with Gasteiger partial charge in [0, 0.05) is 0 Å². The molecule has 1 atom stereocenters. The van der Waals surface area contributed by atoms with Crippen LogP contribution in [0.15, 0.2) is 16.5 Å². The molecule has 1 heterocycles. The highest BCUT2D eigenvalue weighted by atomic mass is 16.3. The van der Waals surface area contributed by atoms with Gasteiger partial charge in [-0.05, 0) is 25.5 Å². The number of furan rings is 1. The lowest BCUT2D eigenvalue weighted by molar-refractivity contribution is 0.454. The molecule has 76 valence electrons. The molecule has 1 rings (SSSR count). The van der Waals surface area contributed by atoms with Gasteiger partial charge in [-0.3, -0.25) is 0 Å². The smallest absolute Gasteiger partial charge is 0.121 e. The number of rotatable bonds is 5. The van der Waals surface area contributed by atoms with Crippen molar-refractivity contribution in [2.24, 2.45) is 0 Å². The summed E-state index contributed by atoms with van der Waals surface area (Å²) in [7, 11) is 0. The Morgan fingerprint density at radius 3 is 2.71 bits per heavy atom. The maximum absolute atomic E-state index is 8.98. The molecule has 0 saturated heterocycles. The number of nitrogens with zero attached hydrogens (tertiary/aromatic N) is 1. The second kappa shape index (κ2) is 5.49. The summed E-state index contributed by atoms with van der Waals surface area (Å²) in [6, 6.07) is 6.12. The molecule has 1 unspecified atom stereocenters. The van der Waals surface area contributed by atoms with Gasteiger partial charge in [-0.25, -0.2) is 0 Å². The van der Waals surface area contributed by atoms with E-state index in [0.717, 1.165) is 24.4 Å². The zero-order chi connectivity index (χ0) is 10.4. The van der Waals surface area contributed by atoms with E-state index in [-0.39, 0.29) is 5.92 Å². The van der Waals surface area contributed by atoms with Gasteiger partial charge in [-0.1, -0.05) is 26.2 Å². The maximum atomic E-state index is 8.98. The van der Waals surface area contributed by atoms with E-state index in [2.05, 4.69) is 13.0 Å². The maximum Gasteiger partial charge on any atom is 0.121 e. The van der Waals surface area contributed by atoms with Crippen LogP contribution in [-0.2, 0) is 0 Å². The van der Waals surface area contributed by atoms with E-state index in [1.807, 2.05) is 19.1 Å². The predicted octanol–water partition coefficient (Wildman–Crippen LogP) is 3.78. The number of nitriles is 1. The molecule has 1 aromatic rings. The molecule has 0 aliphatic heterocycles. The van der Waals surface area contributed by atoms with Gasteiger partial charge in [-0.2, -0.15) is 5.26 Å². The van der Waals surface area contributed by atoms with Gasteiger partial charge in [0.15, 0.2) is 0 Å². The summed E-state index contributed by atoms with van der Waals surface area (Å²) in [5.41, 5.74) is 0. The fourth-order valence-electron chi connectivity index (χ4n) is 1.51. The van der Waals surface area contributed by atoms with Crippen LogP contribution in [-0.4, -0.2) is 0 Å². The molecule has 0 aromatic carbocycles. The Labute approximate surface area is 85.5 Å². The largest absolute Gasteiger partial charge is 0.465 e. The van der Waals surface area contributed by atoms with Crippen molar-refractivity contribution in [3.8, 4) is 6.07 Å². The Kier molecular flexibility index (Phi) is 4.25. The van der Waals surface area contributed by atoms with Crippen molar-refractivity contribution in [2.45, 2.75) is 45.4 Å². The normalized spacial score (nSPS) is 12.4. The van der Waals surface area contributed by atoms with Crippen molar-refractivity contribution in [3.63, 3.8) is 0 Å². The van der Waals surface area contributed by atoms with E-state index in [1.54, 1.807) is 0 Å². The Morgan fingerprint density at radius 2 is 2.21 bits per heavy atom. The number of hydrogen-bond donors (Lipinski definition) is 0. The minimum atomic E-state index is -0.0600. The van der Waals surface area contributed by atoms with Gasteiger partial charge in [0.25, 0.3) is 0 Å². The third-order valence-electron chi connectivity index (χ3n) is 2.36. The number of hydrogen-bond acceptors (Lipinski definition) is 2. The van der Waals surface area contributed by atoms with E-state index in [9.17, 15) is 0 Å². The molecule has 14 heavy (non-hydrogen) atoms. The first-order chi connectivity index (χ1) is 6.77. The third kappa shape index (κ3) is 2.92. The average molecular weight is 191 g/mol. The quantitative estimate of drug-likeness (QED) is 0.664. The highest BCUT2D eigenvalue weighted by Gasteiger charge is 2.13. The molecule has 0 saturated carbocycles. The lowest BCUT2D eigenvalue weighted by Crippen LogP contribution is -1.93. The van der Waals surface area contributed by atoms with Gasteiger partial charge in [-0.15, -0.1) is 0 Å². The van der Waals surface area contributed by atoms with Gasteiger partial charge in [0.2, 0.25) is 0 Å². The van der Waals surface area contributed by atoms with E-state index < -0.39 is 0 Å². The topological polar surface area (TPSA) is 36.9 Å². The van der Waals surface area contributed by atoms with Crippen LogP contribution in [0.25, 0.3) is 0 Å². The molecule has 2 heteroatoms. The monoisotopic (exact) mass is 191 g/mol. The van der Waals surface area contributed by atoms with Crippen LogP contribution in [0.5, 0.6) is 0 Å². The summed E-state index contributed by atoms with van der Waals surface area (Å²) in [4.78, 5) is 0. The Hall–Kier alpha value is -1.23. The van der Waals surface area contributed by atoms with Crippen molar-refractivity contribution >= 4 is 0 Å². The van der Waals surface area contributed by atoms with Gasteiger partial charge in [0.1, 0.15) is 17.4 Å². The van der Waals surface area contributed by atoms with Crippen molar-refractivity contribution in [1.82, 2.24) is 0 Å². The molecule has 0 amide bonds. The Balaban J connectivity index is 2.51. The minimum Gasteiger partial charge on any atom is -0.465 e. The summed E-state index contributed by atoms with van der Waals surface area (Å²) in [5, 5.41) is 8.98. The first-order valence-corrected chi connectivity index (χ1v) is 5.24. The predicted molar refractivity (Wildman–Crippen MR) is 55.9 cm³/mol. The second-order valence-electron chi connectivity index (χ2n) is 3.63. The van der Waals surface area contributed by atoms with Crippen molar-refractivity contribution < 1.29 is 4.42 Å². The van der Waals surface area contributed by atoms with Crippen LogP contribution in [0.4, 0.5) is 0 Å². The molecule has 0 bridgehead atoms. The summed E-state index contributed by atoms with van der Waals surface area (Å²) < 4.78 is 5.44. The van der Waals surface area contributed by atoms with E-state index in [1.165, 1.54) is 12.8 Å². The first kappa shape index (κ1) is 10.8. The fraction of sp³-hybridized carbons (Fsp3) is 0.583. The fourth-order valence-corrected chi connectivity index (χ4v) is 1.51.